The van der Waals surface area contributed by atoms with Gasteiger partial charge in [-0.1, -0.05) is 133 Å². The smallest absolute Gasteiger partial charge is 0.143 e. The Morgan fingerprint density at radius 1 is 0.366 bits per heavy atom. The lowest BCUT2D eigenvalue weighted by Gasteiger charge is -2.19. The van der Waals surface area contributed by atoms with Crippen LogP contribution in [0.5, 0.6) is 0 Å². The predicted molar refractivity (Wildman–Crippen MR) is 175 cm³/mol. The van der Waals surface area contributed by atoms with Crippen LogP contribution in [0.25, 0.3) is 87.3 Å². The fourth-order valence-corrected chi connectivity index (χ4v) is 6.72. The minimum absolute atomic E-state index is 0.195. The summed E-state index contributed by atoms with van der Waals surface area (Å²) >= 11 is 0. The molecule has 0 radical (unpaired) electrons. The second-order valence-corrected chi connectivity index (χ2v) is 10.6. The van der Waals surface area contributed by atoms with Crippen LogP contribution in [-0.4, -0.2) is 0 Å². The third-order valence-electron chi connectivity index (χ3n) is 8.48. The second-order valence-electron chi connectivity index (χ2n) is 10.6. The highest BCUT2D eigenvalue weighted by atomic mass is 16.3. The van der Waals surface area contributed by atoms with E-state index in [-0.39, 0.29) is 12.1 Å². The van der Waals surface area contributed by atoms with Crippen LogP contribution in [0.4, 0.5) is 0 Å². The fourth-order valence-electron chi connectivity index (χ4n) is 6.72. The molecule has 1 heterocycles. The van der Waals surface area contributed by atoms with Gasteiger partial charge < -0.3 is 4.42 Å². The Kier molecular flexibility index (Phi) is 4.27. The van der Waals surface area contributed by atoms with E-state index in [4.69, 9.17) is 5.79 Å². The van der Waals surface area contributed by atoms with Gasteiger partial charge in [-0.25, -0.2) is 0 Å². The van der Waals surface area contributed by atoms with Crippen molar-refractivity contribution in [2.75, 3.05) is 0 Å². The van der Waals surface area contributed by atoms with Gasteiger partial charge in [-0.05, 0) is 72.1 Å². The average Bonchev–Trinajstić information content (AvgIpc) is 3.46. The average molecular weight is 523 g/mol. The molecule has 9 rings (SSSR count). The van der Waals surface area contributed by atoms with Crippen molar-refractivity contribution in [1.82, 2.24) is 0 Å². The Morgan fingerprint density at radius 2 is 0.829 bits per heavy atom. The summed E-state index contributed by atoms with van der Waals surface area (Å²) in [6.07, 6.45) is 0. The first-order valence-corrected chi connectivity index (χ1v) is 14.0. The van der Waals surface area contributed by atoms with Crippen molar-refractivity contribution in [3.05, 3.63) is 146 Å². The van der Waals surface area contributed by atoms with Crippen molar-refractivity contribution in [2.24, 2.45) is 0 Å². The fraction of sp³-hybridized carbons (Fsp3) is 0. The maximum Gasteiger partial charge on any atom is 0.143 e. The molecule has 0 saturated carbocycles. The first-order chi connectivity index (χ1) is 21.2. The van der Waals surface area contributed by atoms with Gasteiger partial charge in [-0.15, -0.1) is 0 Å². The van der Waals surface area contributed by atoms with Crippen LogP contribution in [0.2, 0.25) is 0 Å². The molecule has 41 heavy (non-hydrogen) atoms. The number of rotatable bonds is 2. The van der Waals surface area contributed by atoms with E-state index in [0.717, 1.165) is 54.4 Å². The molecule has 0 bridgehead atoms. The second kappa shape index (κ2) is 8.55. The summed E-state index contributed by atoms with van der Waals surface area (Å²) in [6, 6.07) is 46.7. The van der Waals surface area contributed by atoms with Gasteiger partial charge in [0, 0.05) is 16.2 Å². The van der Waals surface area contributed by atoms with E-state index in [1.54, 1.807) is 0 Å². The van der Waals surface area contributed by atoms with Gasteiger partial charge in [-0.2, -0.15) is 0 Å². The van der Waals surface area contributed by atoms with Gasteiger partial charge in [0.1, 0.15) is 11.2 Å². The minimum atomic E-state index is 0.195. The topological polar surface area (TPSA) is 13.1 Å². The van der Waals surface area contributed by atoms with Crippen LogP contribution in [0.15, 0.2) is 150 Å². The van der Waals surface area contributed by atoms with Crippen molar-refractivity contribution in [2.45, 2.75) is 0 Å². The summed E-state index contributed by atoms with van der Waals surface area (Å²) in [4.78, 5) is 0. The Morgan fingerprint density at radius 3 is 1.51 bits per heavy atom. The van der Waals surface area contributed by atoms with Crippen LogP contribution in [0.3, 0.4) is 0 Å². The molecule has 0 aliphatic rings. The molecule has 0 saturated heterocycles. The van der Waals surface area contributed by atoms with Crippen LogP contribution < -0.4 is 0 Å². The van der Waals surface area contributed by atoms with Gasteiger partial charge in [0.25, 0.3) is 0 Å². The van der Waals surface area contributed by atoms with Crippen LogP contribution in [-0.2, 0) is 0 Å². The molecule has 9 aromatic rings. The van der Waals surface area contributed by atoms with Crippen LogP contribution >= 0.6 is 0 Å². The number of furan rings is 1. The third-order valence-corrected chi connectivity index (χ3v) is 8.48. The highest BCUT2D eigenvalue weighted by Crippen LogP contribution is 2.47. The summed E-state index contributed by atoms with van der Waals surface area (Å²) < 4.78 is 24.8. The minimum Gasteiger partial charge on any atom is -0.455 e. The van der Waals surface area contributed by atoms with Crippen molar-refractivity contribution in [1.29, 1.82) is 0 Å². The number of fused-ring (bicyclic) bond motifs is 8. The molecule has 1 heteroatoms. The number of hydrogen-bond donors (Lipinski definition) is 0. The van der Waals surface area contributed by atoms with Gasteiger partial charge in [0.2, 0.25) is 0 Å². The quantitative estimate of drug-likeness (QED) is 0.206. The number of hydrogen-bond acceptors (Lipinski definition) is 1. The van der Waals surface area contributed by atoms with Gasteiger partial charge in [-0.3, -0.25) is 0 Å². The van der Waals surface area contributed by atoms with E-state index in [2.05, 4.69) is 103 Å². The first-order valence-electron chi connectivity index (χ1n) is 15.0. The van der Waals surface area contributed by atoms with Crippen molar-refractivity contribution < 1.29 is 7.16 Å². The maximum atomic E-state index is 9.33. The van der Waals surface area contributed by atoms with E-state index >= 15 is 0 Å². The highest BCUT2D eigenvalue weighted by molar-refractivity contribution is 6.26. The summed E-state index contributed by atoms with van der Waals surface area (Å²) in [5, 5.41) is 10.2. The molecule has 0 aliphatic carbocycles. The van der Waals surface area contributed by atoms with Crippen LogP contribution in [0.1, 0.15) is 2.74 Å². The van der Waals surface area contributed by atoms with Gasteiger partial charge in [0.15, 0.2) is 0 Å². The van der Waals surface area contributed by atoms with Crippen molar-refractivity contribution in [3.63, 3.8) is 0 Å². The number of benzene rings is 8. The SMILES string of the molecule is [2H]c1c([2H])c2c3ccccc3oc2c2cccc(-c3c4ccccc4c(-c4cccc5ccccc45)c4ccccc34)c12. The molecular formula is C40H24O. The van der Waals surface area contributed by atoms with Gasteiger partial charge in [0.05, 0.1) is 2.74 Å². The monoisotopic (exact) mass is 522 g/mol. The molecule has 1 aromatic heterocycles. The zero-order chi connectivity index (χ0) is 28.7. The molecule has 190 valence electrons. The van der Waals surface area contributed by atoms with E-state index in [0.29, 0.717) is 11.0 Å². The lowest BCUT2D eigenvalue weighted by molar-refractivity contribution is 0.672. The summed E-state index contributed by atoms with van der Waals surface area (Å²) in [6.45, 7) is 0. The van der Waals surface area contributed by atoms with Crippen molar-refractivity contribution >= 4 is 65.0 Å². The summed E-state index contributed by atoms with van der Waals surface area (Å²) in [5.74, 6) is 0. The molecule has 0 amide bonds. The Balaban J connectivity index is 1.47. The Bertz CT molecular complexity index is 2530. The van der Waals surface area contributed by atoms with Gasteiger partial charge >= 0.3 is 0 Å². The highest BCUT2D eigenvalue weighted by Gasteiger charge is 2.20. The van der Waals surface area contributed by atoms with Crippen molar-refractivity contribution in [3.8, 4) is 22.3 Å². The normalized spacial score (nSPS) is 12.6. The molecule has 1 nitrogen and oxygen atoms in total. The maximum absolute atomic E-state index is 9.33. The summed E-state index contributed by atoms with van der Waals surface area (Å²) in [7, 11) is 0. The lowest BCUT2D eigenvalue weighted by Crippen LogP contribution is -1.92. The molecule has 8 aromatic carbocycles. The molecule has 0 fully saturated rings. The third kappa shape index (κ3) is 3.18. The first kappa shape index (κ1) is 20.5. The van der Waals surface area contributed by atoms with E-state index in [9.17, 15) is 1.37 Å². The zero-order valence-corrected chi connectivity index (χ0v) is 22.1. The Hall–Kier alpha value is -5.40. The summed E-state index contributed by atoms with van der Waals surface area (Å²) in [5.41, 5.74) is 5.82. The molecule has 0 unspecified atom stereocenters. The van der Waals surface area contributed by atoms with E-state index in [1.165, 1.54) is 21.9 Å². The molecular weight excluding hydrogens is 496 g/mol. The zero-order valence-electron chi connectivity index (χ0n) is 24.1. The molecule has 0 N–H and O–H groups in total. The Labute approximate surface area is 239 Å². The number of para-hydroxylation sites is 1. The molecule has 0 atom stereocenters. The van der Waals surface area contributed by atoms with E-state index in [1.807, 2.05) is 30.3 Å². The standard InChI is InChI=1S/C40H24O/c1-2-13-26-25(11-1)12-9-19-29(26)38-31-15-3-5-17-33(31)39(34-18-6-4-16-32(34)38)30-20-10-21-35-27(30)23-24-36-28-14-7-8-22-37(28)41-40(35)36/h1-24H/i23D,24D. The van der Waals surface area contributed by atoms with E-state index < -0.39 is 0 Å². The predicted octanol–water partition coefficient (Wildman–Crippen LogP) is 11.5. The lowest BCUT2D eigenvalue weighted by atomic mass is 9.83. The molecule has 0 spiro atoms. The molecule has 0 aliphatic heterocycles. The van der Waals surface area contributed by atoms with Crippen LogP contribution in [0, 0.1) is 0 Å². The largest absolute Gasteiger partial charge is 0.455 e.